The highest BCUT2D eigenvalue weighted by Crippen LogP contribution is 2.32. The Hall–Kier alpha value is -1.65. The molecule has 1 unspecified atom stereocenters. The van der Waals surface area contributed by atoms with Crippen LogP contribution < -0.4 is 5.73 Å². The number of hydrogen-bond donors (Lipinski definition) is 1. The van der Waals surface area contributed by atoms with Crippen molar-refractivity contribution in [2.45, 2.75) is 13.0 Å². The van der Waals surface area contributed by atoms with Gasteiger partial charge in [-0.3, -0.25) is 0 Å². The summed E-state index contributed by atoms with van der Waals surface area (Å²) in [6, 6.07) is 12.2. The summed E-state index contributed by atoms with van der Waals surface area (Å²) in [5.41, 5.74) is 8.81. The van der Waals surface area contributed by atoms with Gasteiger partial charge >= 0.3 is 0 Å². The van der Waals surface area contributed by atoms with Gasteiger partial charge in [0.2, 0.25) is 0 Å². The summed E-state index contributed by atoms with van der Waals surface area (Å²) in [7, 11) is 0. The Balaban J connectivity index is 2.08. The molecule has 3 aromatic rings. The van der Waals surface area contributed by atoms with Gasteiger partial charge in [0.05, 0.1) is 10.5 Å². The summed E-state index contributed by atoms with van der Waals surface area (Å²) in [6.45, 7) is 2.02. The highest BCUT2D eigenvalue weighted by molar-refractivity contribution is 9.10. The first-order chi connectivity index (χ1) is 9.56. The van der Waals surface area contributed by atoms with Crippen LogP contribution in [0.1, 0.15) is 22.9 Å². The van der Waals surface area contributed by atoms with Gasteiger partial charge in [0.25, 0.3) is 0 Å². The molecule has 0 aliphatic rings. The zero-order chi connectivity index (χ0) is 14.3. The molecule has 0 radical (unpaired) electrons. The smallest absolute Gasteiger partial charge is 0.137 e. The summed E-state index contributed by atoms with van der Waals surface area (Å²) >= 11 is 3.24. The van der Waals surface area contributed by atoms with Crippen LogP contribution in [0.3, 0.4) is 0 Å². The molecule has 0 saturated carbocycles. The van der Waals surface area contributed by atoms with Crippen molar-refractivity contribution in [3.8, 4) is 0 Å². The summed E-state index contributed by atoms with van der Waals surface area (Å²) in [6.07, 6.45) is 0. The van der Waals surface area contributed by atoms with Crippen molar-refractivity contribution in [3.05, 3.63) is 69.6 Å². The van der Waals surface area contributed by atoms with Gasteiger partial charge in [-0.05, 0) is 52.7 Å². The van der Waals surface area contributed by atoms with Gasteiger partial charge in [0.15, 0.2) is 0 Å². The fourth-order valence-corrected chi connectivity index (χ4v) is 2.76. The van der Waals surface area contributed by atoms with E-state index in [1.165, 1.54) is 6.07 Å². The lowest BCUT2D eigenvalue weighted by atomic mass is 10.0. The molecule has 0 saturated heterocycles. The van der Waals surface area contributed by atoms with Gasteiger partial charge in [-0.2, -0.15) is 0 Å². The third kappa shape index (κ3) is 2.25. The fourth-order valence-electron chi connectivity index (χ4n) is 2.25. The summed E-state index contributed by atoms with van der Waals surface area (Å²) < 4.78 is 19.7. The van der Waals surface area contributed by atoms with Crippen molar-refractivity contribution in [2.75, 3.05) is 0 Å². The number of halogens is 2. The average molecular weight is 334 g/mol. The third-order valence-corrected chi connectivity index (χ3v) is 4.15. The van der Waals surface area contributed by atoms with E-state index in [9.17, 15) is 4.39 Å². The normalized spacial score (nSPS) is 12.8. The summed E-state index contributed by atoms with van der Waals surface area (Å²) in [4.78, 5) is 0. The van der Waals surface area contributed by atoms with E-state index in [2.05, 4.69) is 15.9 Å². The summed E-state index contributed by atoms with van der Waals surface area (Å²) in [5, 5.41) is 1.00. The predicted molar refractivity (Wildman–Crippen MR) is 81.1 cm³/mol. The Morgan fingerprint density at radius 3 is 2.80 bits per heavy atom. The van der Waals surface area contributed by atoms with Crippen LogP contribution in [0.5, 0.6) is 0 Å². The monoisotopic (exact) mass is 333 g/mol. The molecule has 3 rings (SSSR count). The van der Waals surface area contributed by atoms with Crippen LogP contribution in [0.15, 0.2) is 51.4 Å². The minimum absolute atomic E-state index is 0.329. The lowest BCUT2D eigenvalue weighted by Gasteiger charge is -2.11. The van der Waals surface area contributed by atoms with Crippen LogP contribution in [-0.2, 0) is 0 Å². The second kappa shape index (κ2) is 5.04. The van der Waals surface area contributed by atoms with Gasteiger partial charge in [-0.25, -0.2) is 4.39 Å². The topological polar surface area (TPSA) is 39.2 Å². The van der Waals surface area contributed by atoms with Crippen molar-refractivity contribution < 1.29 is 8.81 Å². The van der Waals surface area contributed by atoms with Crippen molar-refractivity contribution in [3.63, 3.8) is 0 Å². The second-order valence-corrected chi connectivity index (χ2v) is 5.60. The first-order valence-corrected chi connectivity index (χ1v) is 7.05. The van der Waals surface area contributed by atoms with E-state index in [0.29, 0.717) is 15.8 Å². The minimum atomic E-state index is -0.507. The first-order valence-electron chi connectivity index (χ1n) is 6.26. The first kappa shape index (κ1) is 13.3. The van der Waals surface area contributed by atoms with Crippen molar-refractivity contribution in [2.24, 2.45) is 5.73 Å². The van der Waals surface area contributed by atoms with Crippen LogP contribution in [0.25, 0.3) is 11.0 Å². The zero-order valence-electron chi connectivity index (χ0n) is 10.9. The Morgan fingerprint density at radius 2 is 2.00 bits per heavy atom. The SMILES string of the molecule is Cc1ccc2oc(C(N)c3cccc(F)c3Br)cc2c1. The molecule has 20 heavy (non-hydrogen) atoms. The standard InChI is InChI=1S/C16H13BrFNO/c1-9-5-6-13-10(7-9)8-14(20-13)16(19)11-3-2-4-12(18)15(11)17/h2-8,16H,19H2,1H3. The molecular formula is C16H13BrFNO. The van der Waals surface area contributed by atoms with Crippen LogP contribution in [0.4, 0.5) is 4.39 Å². The van der Waals surface area contributed by atoms with E-state index in [1.54, 1.807) is 12.1 Å². The second-order valence-electron chi connectivity index (χ2n) is 4.81. The van der Waals surface area contributed by atoms with Gasteiger partial charge in [-0.15, -0.1) is 0 Å². The molecular weight excluding hydrogens is 321 g/mol. The van der Waals surface area contributed by atoms with Crippen molar-refractivity contribution in [1.29, 1.82) is 0 Å². The average Bonchev–Trinajstić information content (AvgIpc) is 2.84. The molecule has 4 heteroatoms. The largest absolute Gasteiger partial charge is 0.459 e. The molecule has 0 aliphatic carbocycles. The molecule has 2 nitrogen and oxygen atoms in total. The van der Waals surface area contributed by atoms with Crippen LogP contribution in [0, 0.1) is 12.7 Å². The van der Waals surface area contributed by atoms with E-state index in [0.717, 1.165) is 16.5 Å². The van der Waals surface area contributed by atoms with Gasteiger partial charge in [0, 0.05) is 5.39 Å². The molecule has 1 aromatic heterocycles. The zero-order valence-corrected chi connectivity index (χ0v) is 12.4. The third-order valence-electron chi connectivity index (χ3n) is 3.31. The van der Waals surface area contributed by atoms with E-state index in [1.807, 2.05) is 31.2 Å². The number of furan rings is 1. The number of fused-ring (bicyclic) bond motifs is 1. The van der Waals surface area contributed by atoms with Gasteiger partial charge in [-0.1, -0.05) is 23.8 Å². The molecule has 2 aromatic carbocycles. The molecule has 0 bridgehead atoms. The predicted octanol–water partition coefficient (Wildman–Crippen LogP) is 4.69. The maximum atomic E-state index is 13.6. The lowest BCUT2D eigenvalue weighted by molar-refractivity contribution is 0.522. The van der Waals surface area contributed by atoms with E-state index in [-0.39, 0.29) is 5.82 Å². The molecule has 1 heterocycles. The molecule has 102 valence electrons. The van der Waals surface area contributed by atoms with E-state index < -0.39 is 6.04 Å². The minimum Gasteiger partial charge on any atom is -0.459 e. The number of hydrogen-bond acceptors (Lipinski definition) is 2. The molecule has 0 spiro atoms. The van der Waals surface area contributed by atoms with Crippen molar-refractivity contribution >= 4 is 26.9 Å². The highest BCUT2D eigenvalue weighted by atomic mass is 79.9. The number of aryl methyl sites for hydroxylation is 1. The molecule has 0 amide bonds. The molecule has 1 atom stereocenters. The van der Waals surface area contributed by atoms with Gasteiger partial charge in [0.1, 0.15) is 17.2 Å². The van der Waals surface area contributed by atoms with Crippen LogP contribution in [0.2, 0.25) is 0 Å². The maximum Gasteiger partial charge on any atom is 0.137 e. The fraction of sp³-hybridized carbons (Fsp3) is 0.125. The van der Waals surface area contributed by atoms with E-state index >= 15 is 0 Å². The van der Waals surface area contributed by atoms with E-state index in [4.69, 9.17) is 10.2 Å². The molecule has 0 fully saturated rings. The Morgan fingerprint density at radius 1 is 1.20 bits per heavy atom. The molecule has 0 aliphatic heterocycles. The number of benzene rings is 2. The van der Waals surface area contributed by atoms with Crippen molar-refractivity contribution in [1.82, 2.24) is 0 Å². The molecule has 2 N–H and O–H groups in total. The lowest BCUT2D eigenvalue weighted by Crippen LogP contribution is -2.12. The maximum absolute atomic E-state index is 13.6. The van der Waals surface area contributed by atoms with Gasteiger partial charge < -0.3 is 10.2 Å². The number of rotatable bonds is 2. The number of nitrogens with two attached hydrogens (primary N) is 1. The summed E-state index contributed by atoms with van der Waals surface area (Å²) in [5.74, 6) is 0.293. The van der Waals surface area contributed by atoms with Crippen LogP contribution in [-0.4, -0.2) is 0 Å². The Bertz CT molecular complexity index is 781. The highest BCUT2D eigenvalue weighted by Gasteiger charge is 2.18. The van der Waals surface area contributed by atoms with Crippen LogP contribution >= 0.6 is 15.9 Å². The quantitative estimate of drug-likeness (QED) is 0.738. The Labute approximate surface area is 124 Å². The Kier molecular flexibility index (Phi) is 3.36.